The van der Waals surface area contributed by atoms with E-state index in [1.54, 1.807) is 25.1 Å². The van der Waals surface area contributed by atoms with Crippen molar-refractivity contribution in [2.24, 2.45) is 5.92 Å². The normalized spacial score (nSPS) is 12.8. The molecule has 0 bridgehead atoms. The second-order valence-corrected chi connectivity index (χ2v) is 5.47. The lowest BCUT2D eigenvalue weighted by molar-refractivity contribution is 0.402. The van der Waals surface area contributed by atoms with E-state index >= 15 is 0 Å². The van der Waals surface area contributed by atoms with Crippen LogP contribution in [0.25, 0.3) is 0 Å². The lowest BCUT2D eigenvalue weighted by atomic mass is 10.3. The van der Waals surface area contributed by atoms with Crippen molar-refractivity contribution in [3.05, 3.63) is 24.3 Å². The molecule has 0 fully saturated rings. The van der Waals surface area contributed by atoms with Crippen molar-refractivity contribution in [1.82, 2.24) is 0 Å². The van der Waals surface area contributed by atoms with Crippen molar-refractivity contribution in [2.45, 2.75) is 11.8 Å². The Kier molecular flexibility index (Phi) is 3.91. The number of nitriles is 1. The smallest absolute Gasteiger partial charge is 0.183 e. The molecule has 0 radical (unpaired) electrons. The molecule has 0 saturated carbocycles. The number of methoxy groups -OCH3 is 1. The van der Waals surface area contributed by atoms with Gasteiger partial charge in [0, 0.05) is 0 Å². The molecule has 0 aromatic heterocycles. The molecular weight excluding hydrogens is 226 g/mol. The Morgan fingerprint density at radius 3 is 2.62 bits per heavy atom. The summed E-state index contributed by atoms with van der Waals surface area (Å²) >= 11 is 0. The third kappa shape index (κ3) is 2.74. The van der Waals surface area contributed by atoms with Crippen molar-refractivity contribution in [2.75, 3.05) is 12.9 Å². The molecule has 1 unspecified atom stereocenters. The summed E-state index contributed by atoms with van der Waals surface area (Å²) in [6, 6.07) is 8.31. The molecule has 0 spiro atoms. The number of sulfone groups is 1. The topological polar surface area (TPSA) is 67.2 Å². The van der Waals surface area contributed by atoms with E-state index in [4.69, 9.17) is 10.00 Å². The molecule has 0 aliphatic carbocycles. The molecule has 4 nitrogen and oxygen atoms in total. The molecule has 1 rings (SSSR count). The summed E-state index contributed by atoms with van der Waals surface area (Å²) in [5.41, 5.74) is 0. The van der Waals surface area contributed by atoms with Crippen molar-refractivity contribution in [1.29, 1.82) is 5.26 Å². The molecule has 0 N–H and O–H groups in total. The number of ether oxygens (including phenoxy) is 1. The fraction of sp³-hybridized carbons (Fsp3) is 0.364. The molecule has 0 amide bonds. The molecular formula is C11H13NO3S. The first kappa shape index (κ1) is 12.5. The minimum absolute atomic E-state index is 0.139. The van der Waals surface area contributed by atoms with Crippen LogP contribution in [0.1, 0.15) is 6.92 Å². The molecule has 1 atom stereocenters. The average molecular weight is 239 g/mol. The monoisotopic (exact) mass is 239 g/mol. The van der Waals surface area contributed by atoms with Gasteiger partial charge < -0.3 is 4.74 Å². The molecule has 0 aliphatic heterocycles. The van der Waals surface area contributed by atoms with Gasteiger partial charge in [0.15, 0.2) is 9.84 Å². The summed E-state index contributed by atoms with van der Waals surface area (Å²) in [5, 5.41) is 8.63. The summed E-state index contributed by atoms with van der Waals surface area (Å²) in [4.78, 5) is 0.139. The minimum atomic E-state index is -3.46. The predicted octanol–water partition coefficient (Wildman–Crippen LogP) is 1.63. The summed E-state index contributed by atoms with van der Waals surface area (Å²) < 4.78 is 28.9. The maximum Gasteiger partial charge on any atom is 0.183 e. The molecule has 86 valence electrons. The zero-order chi connectivity index (χ0) is 12.2. The number of benzene rings is 1. The van der Waals surface area contributed by atoms with Gasteiger partial charge in [-0.05, 0) is 19.1 Å². The number of rotatable bonds is 4. The van der Waals surface area contributed by atoms with Crippen molar-refractivity contribution < 1.29 is 13.2 Å². The van der Waals surface area contributed by atoms with Gasteiger partial charge in [-0.25, -0.2) is 8.42 Å². The Balaban J connectivity index is 3.13. The molecule has 16 heavy (non-hydrogen) atoms. The van der Waals surface area contributed by atoms with Gasteiger partial charge in [0.25, 0.3) is 0 Å². The van der Waals surface area contributed by atoms with E-state index < -0.39 is 15.8 Å². The first-order chi connectivity index (χ1) is 7.51. The Hall–Kier alpha value is -1.54. The highest BCUT2D eigenvalue weighted by Gasteiger charge is 2.21. The summed E-state index contributed by atoms with van der Waals surface area (Å²) in [5.74, 6) is -0.410. The predicted molar refractivity (Wildman–Crippen MR) is 59.8 cm³/mol. The van der Waals surface area contributed by atoms with Crippen LogP contribution in [0.15, 0.2) is 29.2 Å². The van der Waals surface area contributed by atoms with Gasteiger partial charge in [-0.3, -0.25) is 0 Å². The standard InChI is InChI=1S/C11H13NO3S/c1-9(7-12)8-16(13,14)11-6-4-3-5-10(11)15-2/h3-6,9H,8H2,1-2H3. The zero-order valence-corrected chi connectivity index (χ0v) is 9.99. The zero-order valence-electron chi connectivity index (χ0n) is 9.17. The van der Waals surface area contributed by atoms with Crippen LogP contribution < -0.4 is 4.74 Å². The quantitative estimate of drug-likeness (QED) is 0.800. The maximum atomic E-state index is 12.0. The van der Waals surface area contributed by atoms with E-state index in [9.17, 15) is 8.42 Å². The van der Waals surface area contributed by atoms with Gasteiger partial charge in [0.05, 0.1) is 24.8 Å². The highest BCUT2D eigenvalue weighted by Crippen LogP contribution is 2.24. The first-order valence-electron chi connectivity index (χ1n) is 4.76. The lowest BCUT2D eigenvalue weighted by Crippen LogP contribution is -2.13. The Morgan fingerprint density at radius 2 is 2.06 bits per heavy atom. The molecule has 0 saturated heterocycles. The Morgan fingerprint density at radius 1 is 1.44 bits per heavy atom. The van der Waals surface area contributed by atoms with Crippen LogP contribution in [0, 0.1) is 17.2 Å². The van der Waals surface area contributed by atoms with Crippen LogP contribution in [0.2, 0.25) is 0 Å². The largest absolute Gasteiger partial charge is 0.495 e. The molecule has 5 heteroatoms. The first-order valence-corrected chi connectivity index (χ1v) is 6.42. The lowest BCUT2D eigenvalue weighted by Gasteiger charge is -2.09. The molecule has 0 aliphatic rings. The van der Waals surface area contributed by atoms with Crippen LogP contribution in [0.5, 0.6) is 5.75 Å². The number of hydrogen-bond acceptors (Lipinski definition) is 4. The minimum Gasteiger partial charge on any atom is -0.495 e. The van der Waals surface area contributed by atoms with Crippen LogP contribution in [-0.2, 0) is 9.84 Å². The van der Waals surface area contributed by atoms with E-state index in [0.29, 0.717) is 5.75 Å². The van der Waals surface area contributed by atoms with Gasteiger partial charge in [-0.15, -0.1) is 0 Å². The third-order valence-corrected chi connectivity index (χ3v) is 4.04. The average Bonchev–Trinajstić information content (AvgIpc) is 2.28. The number of para-hydroxylation sites is 1. The molecule has 1 aromatic carbocycles. The van der Waals surface area contributed by atoms with Crippen molar-refractivity contribution >= 4 is 9.84 Å². The van der Waals surface area contributed by atoms with Crippen LogP contribution in [-0.4, -0.2) is 21.3 Å². The van der Waals surface area contributed by atoms with Gasteiger partial charge in [-0.2, -0.15) is 5.26 Å². The summed E-state index contributed by atoms with van der Waals surface area (Å²) in [6.45, 7) is 1.58. The van der Waals surface area contributed by atoms with Gasteiger partial charge in [0.2, 0.25) is 0 Å². The molecule has 0 heterocycles. The van der Waals surface area contributed by atoms with Crippen molar-refractivity contribution in [3.8, 4) is 11.8 Å². The SMILES string of the molecule is COc1ccccc1S(=O)(=O)CC(C)C#N. The van der Waals surface area contributed by atoms with Gasteiger partial charge in [0.1, 0.15) is 10.6 Å². The van der Waals surface area contributed by atoms with Gasteiger partial charge in [-0.1, -0.05) is 12.1 Å². The second-order valence-electron chi connectivity index (χ2n) is 3.46. The van der Waals surface area contributed by atoms with Gasteiger partial charge >= 0.3 is 0 Å². The van der Waals surface area contributed by atoms with E-state index in [2.05, 4.69) is 0 Å². The van der Waals surface area contributed by atoms with Crippen LogP contribution in [0.3, 0.4) is 0 Å². The van der Waals surface area contributed by atoms with E-state index in [1.807, 2.05) is 6.07 Å². The number of hydrogen-bond donors (Lipinski definition) is 0. The second kappa shape index (κ2) is 4.99. The fourth-order valence-corrected chi connectivity index (χ4v) is 2.99. The van der Waals surface area contributed by atoms with E-state index in [0.717, 1.165) is 0 Å². The highest BCUT2D eigenvalue weighted by atomic mass is 32.2. The third-order valence-electron chi connectivity index (χ3n) is 2.09. The highest BCUT2D eigenvalue weighted by molar-refractivity contribution is 7.91. The summed E-state index contributed by atoms with van der Waals surface area (Å²) in [7, 11) is -2.04. The fourth-order valence-electron chi connectivity index (χ4n) is 1.33. The van der Waals surface area contributed by atoms with Crippen LogP contribution in [0.4, 0.5) is 0 Å². The Labute approximate surface area is 95.4 Å². The van der Waals surface area contributed by atoms with E-state index in [1.165, 1.54) is 13.2 Å². The van der Waals surface area contributed by atoms with Crippen LogP contribution >= 0.6 is 0 Å². The maximum absolute atomic E-state index is 12.0. The molecule has 1 aromatic rings. The Bertz CT molecular complexity index is 502. The summed E-state index contributed by atoms with van der Waals surface area (Å²) in [6.07, 6.45) is 0. The van der Waals surface area contributed by atoms with E-state index in [-0.39, 0.29) is 10.6 Å². The number of nitrogens with zero attached hydrogens (tertiary/aromatic N) is 1. The van der Waals surface area contributed by atoms with Crippen molar-refractivity contribution in [3.63, 3.8) is 0 Å².